The SMILES string of the molecule is CC.CC1C#CC=CC=N1. The highest BCUT2D eigenvalue weighted by atomic mass is 14.7. The van der Waals surface area contributed by atoms with Crippen molar-refractivity contribution in [2.75, 3.05) is 0 Å². The largest absolute Gasteiger partial charge is 0.277 e. The molecule has 1 unspecified atom stereocenters. The molecular formula is C9H13N. The van der Waals surface area contributed by atoms with Gasteiger partial charge in [0.25, 0.3) is 0 Å². The molecule has 54 valence electrons. The third-order valence-electron chi connectivity index (χ3n) is 0.868. The number of allylic oxidation sites excluding steroid dienone is 2. The maximum absolute atomic E-state index is 4.04. The summed E-state index contributed by atoms with van der Waals surface area (Å²) in [4.78, 5) is 4.04. The molecular weight excluding hydrogens is 122 g/mol. The van der Waals surface area contributed by atoms with Gasteiger partial charge < -0.3 is 0 Å². The van der Waals surface area contributed by atoms with Crippen molar-refractivity contribution in [3.63, 3.8) is 0 Å². The van der Waals surface area contributed by atoms with Crippen molar-refractivity contribution >= 4 is 6.21 Å². The highest BCUT2D eigenvalue weighted by Crippen LogP contribution is 1.87. The Morgan fingerprint density at radius 3 is 2.80 bits per heavy atom. The van der Waals surface area contributed by atoms with E-state index in [-0.39, 0.29) is 6.04 Å². The van der Waals surface area contributed by atoms with E-state index in [9.17, 15) is 0 Å². The molecule has 1 aliphatic heterocycles. The topological polar surface area (TPSA) is 12.4 Å². The molecule has 1 nitrogen and oxygen atoms in total. The minimum absolute atomic E-state index is 0.171. The van der Waals surface area contributed by atoms with E-state index < -0.39 is 0 Å². The van der Waals surface area contributed by atoms with Gasteiger partial charge in [0.15, 0.2) is 0 Å². The summed E-state index contributed by atoms with van der Waals surface area (Å²) in [6.45, 7) is 5.97. The van der Waals surface area contributed by atoms with E-state index in [1.807, 2.05) is 26.8 Å². The number of hydrogen-bond donors (Lipinski definition) is 0. The second-order valence-electron chi connectivity index (χ2n) is 1.62. The summed E-state index contributed by atoms with van der Waals surface area (Å²) in [6, 6.07) is 0.171. The first-order valence-corrected chi connectivity index (χ1v) is 3.59. The fraction of sp³-hybridized carbons (Fsp3) is 0.444. The van der Waals surface area contributed by atoms with Crippen molar-refractivity contribution in [1.29, 1.82) is 0 Å². The molecule has 0 radical (unpaired) electrons. The van der Waals surface area contributed by atoms with Crippen LogP contribution in [0.25, 0.3) is 0 Å². The van der Waals surface area contributed by atoms with Crippen LogP contribution in [0, 0.1) is 11.8 Å². The third kappa shape index (κ3) is 3.91. The Hall–Kier alpha value is -1.03. The average Bonchev–Trinajstić information content (AvgIpc) is 2.21. The van der Waals surface area contributed by atoms with Crippen LogP contribution in [0.2, 0.25) is 0 Å². The normalized spacial score (nSPS) is 19.7. The lowest BCUT2D eigenvalue weighted by Gasteiger charge is -1.87. The Balaban J connectivity index is 0.000000371. The van der Waals surface area contributed by atoms with E-state index >= 15 is 0 Å². The van der Waals surface area contributed by atoms with Gasteiger partial charge in [-0.15, -0.1) is 0 Å². The van der Waals surface area contributed by atoms with Crippen molar-refractivity contribution in [2.45, 2.75) is 26.8 Å². The first kappa shape index (κ1) is 8.97. The fourth-order valence-electron chi connectivity index (χ4n) is 0.476. The predicted molar refractivity (Wildman–Crippen MR) is 46.2 cm³/mol. The molecule has 0 saturated heterocycles. The van der Waals surface area contributed by atoms with E-state index in [0.29, 0.717) is 0 Å². The van der Waals surface area contributed by atoms with Crippen LogP contribution in [0.4, 0.5) is 0 Å². The van der Waals surface area contributed by atoms with Gasteiger partial charge in [-0.3, -0.25) is 4.99 Å². The van der Waals surface area contributed by atoms with Gasteiger partial charge in [-0.1, -0.05) is 25.7 Å². The van der Waals surface area contributed by atoms with Gasteiger partial charge in [0, 0.05) is 6.21 Å². The fourth-order valence-corrected chi connectivity index (χ4v) is 0.476. The van der Waals surface area contributed by atoms with Crippen molar-refractivity contribution in [2.24, 2.45) is 4.99 Å². The van der Waals surface area contributed by atoms with Crippen molar-refractivity contribution in [3.05, 3.63) is 12.2 Å². The lowest BCUT2D eigenvalue weighted by atomic mass is 10.4. The van der Waals surface area contributed by atoms with Gasteiger partial charge in [-0.05, 0) is 19.1 Å². The Kier molecular flexibility index (Phi) is 5.47. The highest BCUT2D eigenvalue weighted by Gasteiger charge is 1.87. The Labute approximate surface area is 62.9 Å². The Morgan fingerprint density at radius 2 is 2.10 bits per heavy atom. The highest BCUT2D eigenvalue weighted by molar-refractivity contribution is 5.73. The maximum Gasteiger partial charge on any atom is 0.108 e. The van der Waals surface area contributed by atoms with E-state index in [1.165, 1.54) is 0 Å². The quantitative estimate of drug-likeness (QED) is 0.451. The average molecular weight is 135 g/mol. The van der Waals surface area contributed by atoms with Crippen LogP contribution in [0.1, 0.15) is 20.8 Å². The second kappa shape index (κ2) is 6.10. The first-order valence-electron chi connectivity index (χ1n) is 3.59. The summed E-state index contributed by atoms with van der Waals surface area (Å²) < 4.78 is 0. The second-order valence-corrected chi connectivity index (χ2v) is 1.62. The van der Waals surface area contributed by atoms with Gasteiger partial charge in [0.05, 0.1) is 0 Å². The first-order chi connectivity index (χ1) is 4.89. The number of rotatable bonds is 0. The molecule has 0 spiro atoms. The number of hydrogen-bond acceptors (Lipinski definition) is 1. The van der Waals surface area contributed by atoms with Gasteiger partial charge in [0.1, 0.15) is 6.04 Å². The summed E-state index contributed by atoms with van der Waals surface area (Å²) in [5.41, 5.74) is 0. The monoisotopic (exact) mass is 135 g/mol. The summed E-state index contributed by atoms with van der Waals surface area (Å²) in [5, 5.41) is 0. The molecule has 0 fully saturated rings. The zero-order chi connectivity index (χ0) is 7.82. The molecule has 1 heterocycles. The van der Waals surface area contributed by atoms with Crippen LogP contribution in [0.15, 0.2) is 17.1 Å². The zero-order valence-corrected chi connectivity index (χ0v) is 6.76. The smallest absolute Gasteiger partial charge is 0.108 e. The van der Waals surface area contributed by atoms with E-state index in [2.05, 4.69) is 16.8 Å². The molecule has 0 bridgehead atoms. The van der Waals surface area contributed by atoms with Crippen molar-refractivity contribution < 1.29 is 0 Å². The van der Waals surface area contributed by atoms with Gasteiger partial charge in [0.2, 0.25) is 0 Å². The van der Waals surface area contributed by atoms with Crippen LogP contribution in [-0.4, -0.2) is 12.3 Å². The van der Waals surface area contributed by atoms with E-state index in [0.717, 1.165) is 0 Å². The summed E-state index contributed by atoms with van der Waals surface area (Å²) in [7, 11) is 0. The van der Waals surface area contributed by atoms with Crippen LogP contribution in [0.3, 0.4) is 0 Å². The predicted octanol–water partition coefficient (Wildman–Crippen LogP) is 2.05. The molecule has 10 heavy (non-hydrogen) atoms. The van der Waals surface area contributed by atoms with Crippen LogP contribution in [-0.2, 0) is 0 Å². The molecule has 1 heteroatoms. The molecule has 0 aliphatic carbocycles. The summed E-state index contributed by atoms with van der Waals surface area (Å²) in [6.07, 6.45) is 5.40. The molecule has 0 aromatic carbocycles. The van der Waals surface area contributed by atoms with Gasteiger partial charge in [-0.25, -0.2) is 0 Å². The van der Waals surface area contributed by atoms with Crippen LogP contribution < -0.4 is 0 Å². The molecule has 0 amide bonds. The Morgan fingerprint density at radius 1 is 1.40 bits per heavy atom. The van der Waals surface area contributed by atoms with E-state index in [4.69, 9.17) is 0 Å². The van der Waals surface area contributed by atoms with Crippen LogP contribution >= 0.6 is 0 Å². The van der Waals surface area contributed by atoms with Gasteiger partial charge >= 0.3 is 0 Å². The molecule has 0 saturated carbocycles. The number of aliphatic imine (C=N–C) groups is 1. The third-order valence-corrected chi connectivity index (χ3v) is 0.868. The lowest BCUT2D eigenvalue weighted by Crippen LogP contribution is -1.89. The molecule has 0 aromatic rings. The summed E-state index contributed by atoms with van der Waals surface area (Å²) >= 11 is 0. The molecule has 0 N–H and O–H groups in total. The lowest BCUT2D eigenvalue weighted by molar-refractivity contribution is 0.968. The van der Waals surface area contributed by atoms with Crippen molar-refractivity contribution in [1.82, 2.24) is 0 Å². The maximum atomic E-state index is 4.04. The molecule has 1 aliphatic rings. The Bertz CT molecular complexity index is 179. The van der Waals surface area contributed by atoms with Crippen molar-refractivity contribution in [3.8, 4) is 11.8 Å². The van der Waals surface area contributed by atoms with Crippen LogP contribution in [0.5, 0.6) is 0 Å². The minimum Gasteiger partial charge on any atom is -0.277 e. The molecule has 1 atom stereocenters. The standard InChI is InChI=1S/C7H7N.C2H6/c1-7-5-3-2-4-6-8-7;1-2/h2,4,6-7H,1H3;1-2H3. The zero-order valence-electron chi connectivity index (χ0n) is 6.76. The van der Waals surface area contributed by atoms with E-state index in [1.54, 1.807) is 12.3 Å². The van der Waals surface area contributed by atoms with Gasteiger partial charge in [-0.2, -0.15) is 0 Å². The molecule has 0 aromatic heterocycles. The minimum atomic E-state index is 0.171. The summed E-state index contributed by atoms with van der Waals surface area (Å²) in [5.74, 6) is 5.75. The number of nitrogens with zero attached hydrogens (tertiary/aromatic N) is 1. The molecule has 1 rings (SSSR count).